The summed E-state index contributed by atoms with van der Waals surface area (Å²) >= 11 is 0. The fourth-order valence-corrected chi connectivity index (χ4v) is 2.72. The van der Waals surface area contributed by atoms with Crippen molar-refractivity contribution in [2.75, 3.05) is 37.6 Å². The van der Waals surface area contributed by atoms with E-state index >= 15 is 0 Å². The number of aryl methyl sites for hydroxylation is 2. The minimum Gasteiger partial charge on any atom is -0.392 e. The van der Waals surface area contributed by atoms with Crippen LogP contribution in [0.5, 0.6) is 0 Å². The molecule has 2 rings (SSSR count). The van der Waals surface area contributed by atoms with Crippen LogP contribution in [-0.2, 0) is 0 Å². The van der Waals surface area contributed by atoms with E-state index in [9.17, 15) is 5.11 Å². The number of aromatic nitrogens is 2. The molecular formula is C16H26N4O. The summed E-state index contributed by atoms with van der Waals surface area (Å²) < 4.78 is 0. The fraction of sp³-hybridized carbons (Fsp3) is 0.625. The molecule has 1 aliphatic rings. The Morgan fingerprint density at radius 3 is 2.62 bits per heavy atom. The normalized spacial score (nSPS) is 17.8. The second-order valence-corrected chi connectivity index (χ2v) is 5.72. The Morgan fingerprint density at radius 1 is 1.29 bits per heavy atom. The van der Waals surface area contributed by atoms with Crippen LogP contribution in [0, 0.1) is 13.8 Å². The van der Waals surface area contributed by atoms with E-state index in [1.54, 1.807) is 0 Å². The van der Waals surface area contributed by atoms with Gasteiger partial charge < -0.3 is 10.0 Å². The van der Waals surface area contributed by atoms with Crippen LogP contribution in [0.3, 0.4) is 0 Å². The molecule has 1 aromatic rings. The van der Waals surface area contributed by atoms with Crippen molar-refractivity contribution < 1.29 is 5.11 Å². The van der Waals surface area contributed by atoms with Crippen molar-refractivity contribution in [3.63, 3.8) is 0 Å². The van der Waals surface area contributed by atoms with Gasteiger partial charge in [0.1, 0.15) is 11.6 Å². The summed E-state index contributed by atoms with van der Waals surface area (Å²) in [5, 5.41) is 9.96. The number of aliphatic hydroxyl groups is 1. The summed E-state index contributed by atoms with van der Waals surface area (Å²) in [5.41, 5.74) is 1.01. The molecule has 5 heteroatoms. The zero-order chi connectivity index (χ0) is 15.2. The molecule has 1 atom stereocenters. The molecule has 1 unspecified atom stereocenters. The predicted molar refractivity (Wildman–Crippen MR) is 85.6 cm³/mol. The van der Waals surface area contributed by atoms with Gasteiger partial charge in [0.2, 0.25) is 0 Å². The lowest BCUT2D eigenvalue weighted by molar-refractivity contribution is 0.103. The van der Waals surface area contributed by atoms with Gasteiger partial charge in [-0.15, -0.1) is 6.58 Å². The van der Waals surface area contributed by atoms with E-state index in [4.69, 9.17) is 0 Å². The summed E-state index contributed by atoms with van der Waals surface area (Å²) in [6.07, 6.45) is 3.29. The number of rotatable bonds is 6. The van der Waals surface area contributed by atoms with E-state index in [1.807, 2.05) is 26.0 Å². The Morgan fingerprint density at radius 2 is 2.00 bits per heavy atom. The molecule has 0 bridgehead atoms. The van der Waals surface area contributed by atoms with Crippen molar-refractivity contribution in [3.8, 4) is 0 Å². The number of piperazine rings is 1. The lowest BCUT2D eigenvalue weighted by Gasteiger charge is -2.36. The number of nitrogens with zero attached hydrogens (tertiary/aromatic N) is 4. The highest BCUT2D eigenvalue weighted by Gasteiger charge is 2.20. The zero-order valence-electron chi connectivity index (χ0n) is 13.1. The minimum atomic E-state index is -0.252. The molecule has 0 saturated carbocycles. The summed E-state index contributed by atoms with van der Waals surface area (Å²) in [4.78, 5) is 13.5. The van der Waals surface area contributed by atoms with E-state index in [-0.39, 0.29) is 6.10 Å². The van der Waals surface area contributed by atoms with Gasteiger partial charge in [-0.3, -0.25) is 4.90 Å². The number of aliphatic hydroxyl groups excluding tert-OH is 1. The van der Waals surface area contributed by atoms with Gasteiger partial charge in [0, 0.05) is 44.5 Å². The van der Waals surface area contributed by atoms with Crippen LogP contribution in [-0.4, -0.2) is 58.8 Å². The van der Waals surface area contributed by atoms with Crippen molar-refractivity contribution in [1.82, 2.24) is 14.9 Å². The number of anilines is 1. The van der Waals surface area contributed by atoms with Crippen LogP contribution in [0.15, 0.2) is 18.7 Å². The number of hydrogen-bond acceptors (Lipinski definition) is 5. The van der Waals surface area contributed by atoms with Gasteiger partial charge in [-0.05, 0) is 26.7 Å². The molecule has 5 nitrogen and oxygen atoms in total. The van der Waals surface area contributed by atoms with E-state index in [0.717, 1.165) is 62.9 Å². The highest BCUT2D eigenvalue weighted by atomic mass is 16.3. The van der Waals surface area contributed by atoms with E-state index in [1.165, 1.54) is 0 Å². The minimum absolute atomic E-state index is 0.252. The van der Waals surface area contributed by atoms with E-state index in [0.29, 0.717) is 0 Å². The van der Waals surface area contributed by atoms with Gasteiger partial charge in [-0.25, -0.2) is 9.97 Å². The first-order chi connectivity index (χ1) is 10.1. The summed E-state index contributed by atoms with van der Waals surface area (Å²) in [6, 6.07) is 2.04. The second-order valence-electron chi connectivity index (χ2n) is 5.72. The van der Waals surface area contributed by atoms with E-state index < -0.39 is 0 Å². The van der Waals surface area contributed by atoms with Crippen molar-refractivity contribution in [2.24, 2.45) is 0 Å². The summed E-state index contributed by atoms with van der Waals surface area (Å²) in [6.45, 7) is 12.2. The molecule has 2 heterocycles. The van der Waals surface area contributed by atoms with Gasteiger partial charge in [0.05, 0.1) is 6.10 Å². The molecule has 0 radical (unpaired) electrons. The van der Waals surface area contributed by atoms with Crippen LogP contribution in [0.25, 0.3) is 0 Å². The van der Waals surface area contributed by atoms with Gasteiger partial charge >= 0.3 is 0 Å². The third-order valence-corrected chi connectivity index (χ3v) is 3.82. The van der Waals surface area contributed by atoms with Gasteiger partial charge in [0.15, 0.2) is 0 Å². The Bertz CT molecular complexity index is 449. The maximum Gasteiger partial charge on any atom is 0.132 e. The Balaban J connectivity index is 1.84. The Kier molecular flexibility index (Phi) is 5.70. The molecule has 0 aliphatic carbocycles. The molecule has 21 heavy (non-hydrogen) atoms. The largest absolute Gasteiger partial charge is 0.392 e. The Labute approximate surface area is 127 Å². The van der Waals surface area contributed by atoms with Crippen LogP contribution >= 0.6 is 0 Å². The molecule has 0 aromatic carbocycles. The number of β-amino-alcohol motifs (C(OH)–C–C–N with tert-alkyl or cyclic N) is 1. The smallest absolute Gasteiger partial charge is 0.132 e. The quantitative estimate of drug-likeness (QED) is 0.806. The maximum absolute atomic E-state index is 9.96. The molecule has 0 amide bonds. The monoisotopic (exact) mass is 290 g/mol. The standard InChI is InChI=1S/C16H26N4O/c1-4-5-6-15(21)12-19-7-9-20(10-8-19)16-11-13(2)17-14(3)18-16/h4,11,15,21H,1,5-10,12H2,2-3H3. The molecule has 1 aromatic heterocycles. The van der Waals surface area contributed by atoms with Crippen LogP contribution in [0.2, 0.25) is 0 Å². The van der Waals surface area contributed by atoms with Crippen LogP contribution in [0.4, 0.5) is 5.82 Å². The van der Waals surface area contributed by atoms with Crippen molar-refractivity contribution in [1.29, 1.82) is 0 Å². The van der Waals surface area contributed by atoms with Crippen molar-refractivity contribution in [3.05, 3.63) is 30.2 Å². The highest BCUT2D eigenvalue weighted by molar-refractivity contribution is 5.40. The molecular weight excluding hydrogens is 264 g/mol. The SMILES string of the molecule is C=CCCC(O)CN1CCN(c2cc(C)nc(C)n2)CC1. The van der Waals surface area contributed by atoms with Crippen molar-refractivity contribution in [2.45, 2.75) is 32.8 Å². The number of allylic oxidation sites excluding steroid dienone is 1. The first kappa shape index (κ1) is 15.9. The molecule has 116 valence electrons. The molecule has 1 aliphatic heterocycles. The lowest BCUT2D eigenvalue weighted by Crippen LogP contribution is -2.48. The lowest BCUT2D eigenvalue weighted by atomic mass is 10.1. The van der Waals surface area contributed by atoms with E-state index in [2.05, 4.69) is 26.3 Å². The molecule has 0 spiro atoms. The highest BCUT2D eigenvalue weighted by Crippen LogP contribution is 2.15. The van der Waals surface area contributed by atoms with Gasteiger partial charge in [-0.1, -0.05) is 6.08 Å². The average Bonchev–Trinajstić information content (AvgIpc) is 2.45. The van der Waals surface area contributed by atoms with Crippen LogP contribution in [0.1, 0.15) is 24.4 Å². The molecule has 1 saturated heterocycles. The summed E-state index contributed by atoms with van der Waals surface area (Å²) in [5.74, 6) is 1.85. The van der Waals surface area contributed by atoms with Gasteiger partial charge in [-0.2, -0.15) is 0 Å². The average molecular weight is 290 g/mol. The topological polar surface area (TPSA) is 52.5 Å². The second kappa shape index (κ2) is 7.52. The first-order valence-electron chi connectivity index (χ1n) is 7.67. The first-order valence-corrected chi connectivity index (χ1v) is 7.67. The number of hydrogen-bond donors (Lipinski definition) is 1. The third kappa shape index (κ3) is 4.79. The predicted octanol–water partition coefficient (Wildman–Crippen LogP) is 1.54. The third-order valence-electron chi connectivity index (χ3n) is 3.82. The van der Waals surface area contributed by atoms with Crippen LogP contribution < -0.4 is 4.90 Å². The molecule has 1 fully saturated rings. The zero-order valence-corrected chi connectivity index (χ0v) is 13.1. The van der Waals surface area contributed by atoms with Gasteiger partial charge in [0.25, 0.3) is 0 Å². The maximum atomic E-state index is 9.96. The Hall–Kier alpha value is -1.46. The van der Waals surface area contributed by atoms with Crippen molar-refractivity contribution >= 4 is 5.82 Å². The molecule has 1 N–H and O–H groups in total. The fourth-order valence-electron chi connectivity index (χ4n) is 2.72. The summed E-state index contributed by atoms with van der Waals surface area (Å²) in [7, 11) is 0.